The molecule has 0 aromatic carbocycles. The molecule has 2 aliphatic heterocycles. The number of carbonyl (C=O) groups excluding carboxylic acids is 2. The van der Waals surface area contributed by atoms with E-state index in [1.807, 2.05) is 0 Å². The Kier molecular flexibility index (Phi) is 5.20. The molecular formula is C14H23FN2O3. The van der Waals surface area contributed by atoms with E-state index < -0.39 is 6.30 Å². The number of alkyl halides is 1. The minimum Gasteiger partial charge on any atom is -0.466 e. The molecule has 2 aliphatic rings. The molecule has 1 unspecified atom stereocenters. The van der Waals surface area contributed by atoms with E-state index in [0.717, 1.165) is 19.3 Å². The van der Waals surface area contributed by atoms with Crippen molar-refractivity contribution in [3.63, 3.8) is 0 Å². The third-order valence-electron chi connectivity index (χ3n) is 4.07. The number of amides is 2. The first kappa shape index (κ1) is 15.1. The molecule has 1 atom stereocenters. The van der Waals surface area contributed by atoms with E-state index in [4.69, 9.17) is 4.74 Å². The molecule has 0 radical (unpaired) electrons. The third kappa shape index (κ3) is 3.61. The second kappa shape index (κ2) is 6.90. The van der Waals surface area contributed by atoms with Gasteiger partial charge < -0.3 is 9.64 Å². The number of carbonyl (C=O) groups is 2. The van der Waals surface area contributed by atoms with E-state index in [1.165, 1.54) is 4.90 Å². The molecule has 2 heterocycles. The summed E-state index contributed by atoms with van der Waals surface area (Å²) in [6.45, 7) is 3.92. The highest BCUT2D eigenvalue weighted by atomic mass is 19.1. The highest BCUT2D eigenvalue weighted by Crippen LogP contribution is 2.25. The van der Waals surface area contributed by atoms with Gasteiger partial charge in [-0.2, -0.15) is 0 Å². The summed E-state index contributed by atoms with van der Waals surface area (Å²) in [6.07, 6.45) is 2.06. The lowest BCUT2D eigenvalue weighted by molar-refractivity contribution is -0.144. The van der Waals surface area contributed by atoms with E-state index in [2.05, 4.69) is 0 Å². The van der Waals surface area contributed by atoms with Crippen LogP contribution in [0.25, 0.3) is 0 Å². The Bertz CT molecular complexity index is 356. The summed E-state index contributed by atoms with van der Waals surface area (Å²) in [5.74, 6) is 0.110. The Balaban J connectivity index is 1.76. The Labute approximate surface area is 119 Å². The largest absolute Gasteiger partial charge is 0.466 e. The smallest absolute Gasteiger partial charge is 0.322 e. The van der Waals surface area contributed by atoms with Crippen LogP contribution in [0.3, 0.4) is 0 Å². The predicted octanol–water partition coefficient (Wildman–Crippen LogP) is 2.16. The highest BCUT2D eigenvalue weighted by Gasteiger charge is 2.33. The topological polar surface area (TPSA) is 49.9 Å². The van der Waals surface area contributed by atoms with Gasteiger partial charge in [-0.25, -0.2) is 9.18 Å². The van der Waals surface area contributed by atoms with Crippen molar-refractivity contribution in [1.82, 2.24) is 9.80 Å². The monoisotopic (exact) mass is 286 g/mol. The maximum absolute atomic E-state index is 13.5. The van der Waals surface area contributed by atoms with Gasteiger partial charge in [0, 0.05) is 26.1 Å². The number of hydrogen-bond donors (Lipinski definition) is 0. The fourth-order valence-corrected chi connectivity index (χ4v) is 2.91. The Morgan fingerprint density at radius 2 is 1.90 bits per heavy atom. The number of ether oxygens (including phenoxy) is 1. The molecule has 2 amide bonds. The first-order valence-electron chi connectivity index (χ1n) is 7.47. The van der Waals surface area contributed by atoms with Gasteiger partial charge in [0.1, 0.15) is 0 Å². The first-order valence-corrected chi connectivity index (χ1v) is 7.47. The molecule has 0 bridgehead atoms. The number of piperidine rings is 1. The summed E-state index contributed by atoms with van der Waals surface area (Å²) >= 11 is 0. The zero-order chi connectivity index (χ0) is 14.5. The molecule has 0 aromatic rings. The number of likely N-dealkylation sites (tertiary alicyclic amines) is 2. The van der Waals surface area contributed by atoms with Crippen molar-refractivity contribution < 1.29 is 18.7 Å². The summed E-state index contributed by atoms with van der Waals surface area (Å²) in [5.41, 5.74) is 0. The van der Waals surface area contributed by atoms with Crippen LogP contribution < -0.4 is 0 Å². The first-order chi connectivity index (χ1) is 9.61. The minimum absolute atomic E-state index is 0.166. The van der Waals surface area contributed by atoms with Gasteiger partial charge in [0.2, 0.25) is 0 Å². The van der Waals surface area contributed by atoms with Crippen LogP contribution >= 0.6 is 0 Å². The molecule has 20 heavy (non-hydrogen) atoms. The summed E-state index contributed by atoms with van der Waals surface area (Å²) in [5, 5.41) is 0. The van der Waals surface area contributed by atoms with Crippen LogP contribution in [-0.2, 0) is 9.53 Å². The van der Waals surface area contributed by atoms with Crippen molar-refractivity contribution in [2.75, 3.05) is 26.2 Å². The van der Waals surface area contributed by atoms with Crippen molar-refractivity contribution in [2.24, 2.45) is 5.92 Å². The standard InChI is InChI=1S/C14H23FN2O3/c1-2-20-13(18)10-11-5-8-16(9-6-11)14(19)17-7-3-4-12(17)15/h11-12H,2-10H2,1H3. The quantitative estimate of drug-likeness (QED) is 0.590. The van der Waals surface area contributed by atoms with Crippen LogP contribution in [0.1, 0.15) is 39.0 Å². The van der Waals surface area contributed by atoms with Crippen molar-refractivity contribution in [3.8, 4) is 0 Å². The van der Waals surface area contributed by atoms with Crippen molar-refractivity contribution in [1.29, 1.82) is 0 Å². The zero-order valence-corrected chi connectivity index (χ0v) is 12.0. The third-order valence-corrected chi connectivity index (χ3v) is 4.07. The average Bonchev–Trinajstić information content (AvgIpc) is 2.85. The normalized spacial score (nSPS) is 24.0. The lowest BCUT2D eigenvalue weighted by Crippen LogP contribution is -2.47. The SMILES string of the molecule is CCOC(=O)CC1CCN(C(=O)N2CCCC2F)CC1. The molecule has 0 saturated carbocycles. The average molecular weight is 286 g/mol. The van der Waals surface area contributed by atoms with Crippen LogP contribution in [0, 0.1) is 5.92 Å². The van der Waals surface area contributed by atoms with Crippen LogP contribution in [0.4, 0.5) is 9.18 Å². The zero-order valence-electron chi connectivity index (χ0n) is 12.0. The maximum atomic E-state index is 13.5. The number of nitrogens with zero attached hydrogens (tertiary/aromatic N) is 2. The second-order valence-corrected chi connectivity index (χ2v) is 5.49. The minimum atomic E-state index is -1.13. The summed E-state index contributed by atoms with van der Waals surface area (Å²) in [4.78, 5) is 26.6. The van der Waals surface area contributed by atoms with E-state index in [-0.39, 0.29) is 17.9 Å². The number of hydrogen-bond acceptors (Lipinski definition) is 3. The van der Waals surface area contributed by atoms with Gasteiger partial charge in [-0.05, 0) is 38.5 Å². The molecule has 0 spiro atoms. The molecule has 2 rings (SSSR count). The van der Waals surface area contributed by atoms with Gasteiger partial charge in [-0.3, -0.25) is 9.69 Å². The van der Waals surface area contributed by atoms with Crippen molar-refractivity contribution >= 4 is 12.0 Å². The molecule has 2 saturated heterocycles. The number of rotatable bonds is 3. The molecule has 0 aromatic heterocycles. The molecule has 0 N–H and O–H groups in total. The Hall–Kier alpha value is -1.33. The van der Waals surface area contributed by atoms with Gasteiger partial charge >= 0.3 is 12.0 Å². The molecule has 6 heteroatoms. The lowest BCUT2D eigenvalue weighted by atomic mass is 9.94. The van der Waals surface area contributed by atoms with E-state index >= 15 is 0 Å². The number of esters is 1. The molecule has 5 nitrogen and oxygen atoms in total. The highest BCUT2D eigenvalue weighted by molar-refractivity contribution is 5.75. The van der Waals surface area contributed by atoms with Gasteiger partial charge in [-0.1, -0.05) is 0 Å². The molecule has 2 fully saturated rings. The molecular weight excluding hydrogens is 263 g/mol. The van der Waals surface area contributed by atoms with Crippen LogP contribution in [0.15, 0.2) is 0 Å². The van der Waals surface area contributed by atoms with Gasteiger partial charge in [0.05, 0.1) is 6.61 Å². The summed E-state index contributed by atoms with van der Waals surface area (Å²) in [6, 6.07) is -0.190. The maximum Gasteiger partial charge on any atom is 0.322 e. The van der Waals surface area contributed by atoms with Gasteiger partial charge in [0.15, 0.2) is 6.30 Å². The van der Waals surface area contributed by atoms with Gasteiger partial charge in [0.25, 0.3) is 0 Å². The fourth-order valence-electron chi connectivity index (χ4n) is 2.91. The van der Waals surface area contributed by atoms with Crippen molar-refractivity contribution in [3.05, 3.63) is 0 Å². The van der Waals surface area contributed by atoms with Crippen molar-refractivity contribution in [2.45, 2.75) is 45.3 Å². The second-order valence-electron chi connectivity index (χ2n) is 5.49. The molecule has 114 valence electrons. The Morgan fingerprint density at radius 3 is 2.45 bits per heavy atom. The van der Waals surface area contributed by atoms with E-state index in [0.29, 0.717) is 39.1 Å². The van der Waals surface area contributed by atoms with Crippen LogP contribution in [0.2, 0.25) is 0 Å². The van der Waals surface area contributed by atoms with Gasteiger partial charge in [-0.15, -0.1) is 0 Å². The summed E-state index contributed by atoms with van der Waals surface area (Å²) < 4.78 is 18.5. The molecule has 0 aliphatic carbocycles. The number of halogens is 1. The van der Waals surface area contributed by atoms with Crippen LogP contribution in [-0.4, -0.2) is 54.3 Å². The Morgan fingerprint density at radius 1 is 1.20 bits per heavy atom. The summed E-state index contributed by atoms with van der Waals surface area (Å²) in [7, 11) is 0. The number of urea groups is 1. The fraction of sp³-hybridized carbons (Fsp3) is 0.857. The predicted molar refractivity (Wildman–Crippen MR) is 71.8 cm³/mol. The van der Waals surface area contributed by atoms with E-state index in [1.54, 1.807) is 11.8 Å². The van der Waals surface area contributed by atoms with E-state index in [9.17, 15) is 14.0 Å². The lowest BCUT2D eigenvalue weighted by Gasteiger charge is -2.34. The van der Waals surface area contributed by atoms with Crippen LogP contribution in [0.5, 0.6) is 0 Å².